The highest BCUT2D eigenvalue weighted by molar-refractivity contribution is 6.01. The molecule has 2 heterocycles. The van der Waals surface area contributed by atoms with Gasteiger partial charge in [0.05, 0.1) is 12.5 Å². The van der Waals surface area contributed by atoms with Gasteiger partial charge in [-0.05, 0) is 23.6 Å². The number of hydrogen-bond donors (Lipinski definition) is 1. The van der Waals surface area contributed by atoms with Crippen LogP contribution in [0.25, 0.3) is 0 Å². The number of amides is 1. The molecule has 9 heteroatoms. The summed E-state index contributed by atoms with van der Waals surface area (Å²) in [4.78, 5) is 21.8. The van der Waals surface area contributed by atoms with E-state index < -0.39 is 16.7 Å². The van der Waals surface area contributed by atoms with Gasteiger partial charge in [0.15, 0.2) is 5.76 Å². The Kier molecular flexibility index (Phi) is 4.55. The molecule has 0 spiro atoms. The number of carbonyl (C=O) groups is 1. The van der Waals surface area contributed by atoms with Gasteiger partial charge in [0.2, 0.25) is 5.89 Å². The van der Waals surface area contributed by atoms with Gasteiger partial charge in [-0.15, -0.1) is 5.10 Å². The van der Waals surface area contributed by atoms with Crippen LogP contribution in [-0.2, 0) is 12.8 Å². The predicted octanol–water partition coefficient (Wildman–Crippen LogP) is 2.98. The van der Waals surface area contributed by atoms with Crippen LogP contribution < -0.4 is 5.32 Å². The molecule has 1 N–H and O–H groups in total. The molecule has 0 unspecified atom stereocenters. The van der Waals surface area contributed by atoms with Crippen molar-refractivity contribution < 1.29 is 18.6 Å². The number of nitro groups is 1. The number of furan rings is 1. The summed E-state index contributed by atoms with van der Waals surface area (Å²) in [7, 11) is 0. The molecule has 0 saturated heterocycles. The van der Waals surface area contributed by atoms with Crippen molar-refractivity contribution in [2.75, 3.05) is 5.32 Å². The van der Waals surface area contributed by atoms with Crippen LogP contribution in [0.3, 0.4) is 0 Å². The summed E-state index contributed by atoms with van der Waals surface area (Å²) in [6, 6.07) is 10.2. The molecule has 2 aromatic heterocycles. The number of aryl methyl sites for hydroxylation is 1. The van der Waals surface area contributed by atoms with Gasteiger partial charge in [0.25, 0.3) is 5.91 Å². The Morgan fingerprint density at radius 3 is 2.48 bits per heavy atom. The second kappa shape index (κ2) is 6.95. The normalized spacial score (nSPS) is 10.6. The lowest BCUT2D eigenvalue weighted by Gasteiger charge is -1.99. The van der Waals surface area contributed by atoms with Crippen LogP contribution >= 0.6 is 0 Å². The van der Waals surface area contributed by atoms with Gasteiger partial charge in [-0.2, -0.15) is 0 Å². The first-order valence-electron chi connectivity index (χ1n) is 7.51. The molecular formula is C16H14N4O5. The summed E-state index contributed by atoms with van der Waals surface area (Å²) in [5.74, 6) is -1.12. The van der Waals surface area contributed by atoms with Crippen LogP contribution in [0.4, 0.5) is 11.9 Å². The zero-order chi connectivity index (χ0) is 17.8. The highest BCUT2D eigenvalue weighted by Gasteiger charge is 2.19. The number of aromatic nitrogens is 2. The molecule has 0 bridgehead atoms. The van der Waals surface area contributed by atoms with Crippen LogP contribution in [0.1, 0.15) is 34.5 Å². The summed E-state index contributed by atoms with van der Waals surface area (Å²) in [6.07, 6.45) is 1.39. The largest absolute Gasteiger partial charge is 0.433 e. The van der Waals surface area contributed by atoms with Crippen molar-refractivity contribution in [2.45, 2.75) is 19.8 Å². The molecule has 0 aliphatic heterocycles. The van der Waals surface area contributed by atoms with E-state index in [1.165, 1.54) is 11.6 Å². The Labute approximate surface area is 141 Å². The molecule has 9 nitrogen and oxygen atoms in total. The fourth-order valence-electron chi connectivity index (χ4n) is 2.15. The number of rotatable bonds is 6. The number of nitrogens with one attached hydrogen (secondary N) is 1. The average molecular weight is 342 g/mol. The zero-order valence-corrected chi connectivity index (χ0v) is 13.3. The molecule has 3 aromatic rings. The van der Waals surface area contributed by atoms with Gasteiger partial charge in [0.1, 0.15) is 4.92 Å². The lowest BCUT2D eigenvalue weighted by molar-refractivity contribution is -0.402. The molecule has 3 rings (SSSR count). The molecule has 1 amide bonds. The van der Waals surface area contributed by atoms with Crippen LogP contribution in [-0.4, -0.2) is 21.0 Å². The van der Waals surface area contributed by atoms with Crippen molar-refractivity contribution in [3.8, 4) is 0 Å². The number of anilines is 1. The van der Waals surface area contributed by atoms with Crippen molar-refractivity contribution in [1.29, 1.82) is 0 Å². The Balaban J connectivity index is 1.64. The van der Waals surface area contributed by atoms with Crippen molar-refractivity contribution >= 4 is 17.8 Å². The maximum Gasteiger partial charge on any atom is 0.433 e. The third-order valence-corrected chi connectivity index (χ3v) is 3.47. The van der Waals surface area contributed by atoms with Gasteiger partial charge in [-0.1, -0.05) is 36.3 Å². The molecule has 0 radical (unpaired) electrons. The lowest BCUT2D eigenvalue weighted by Crippen LogP contribution is -2.11. The minimum Gasteiger partial charge on any atom is -0.407 e. The fourth-order valence-corrected chi connectivity index (χ4v) is 2.15. The van der Waals surface area contributed by atoms with E-state index in [4.69, 9.17) is 8.83 Å². The van der Waals surface area contributed by atoms with Gasteiger partial charge in [-0.25, -0.2) is 0 Å². The van der Waals surface area contributed by atoms with E-state index in [2.05, 4.69) is 22.4 Å². The Hall–Kier alpha value is -3.49. The first-order valence-corrected chi connectivity index (χ1v) is 7.51. The van der Waals surface area contributed by atoms with E-state index in [9.17, 15) is 14.9 Å². The van der Waals surface area contributed by atoms with E-state index in [-0.39, 0.29) is 11.8 Å². The lowest BCUT2D eigenvalue weighted by atomic mass is 10.1. The summed E-state index contributed by atoms with van der Waals surface area (Å²) < 4.78 is 10.2. The molecule has 1 aromatic carbocycles. The van der Waals surface area contributed by atoms with Gasteiger partial charge in [0, 0.05) is 0 Å². The minimum absolute atomic E-state index is 0.107. The monoisotopic (exact) mass is 342 g/mol. The molecule has 0 atom stereocenters. The highest BCUT2D eigenvalue weighted by atomic mass is 16.6. The highest BCUT2D eigenvalue weighted by Crippen LogP contribution is 2.17. The Morgan fingerprint density at radius 2 is 1.84 bits per heavy atom. The second-order valence-corrected chi connectivity index (χ2v) is 5.20. The molecule has 0 saturated carbocycles. The molecular weight excluding hydrogens is 328 g/mol. The van der Waals surface area contributed by atoms with E-state index in [1.807, 2.05) is 24.3 Å². The van der Waals surface area contributed by atoms with Crippen LogP contribution in [0.5, 0.6) is 0 Å². The smallest absolute Gasteiger partial charge is 0.407 e. The molecule has 0 aliphatic rings. The van der Waals surface area contributed by atoms with Crippen molar-refractivity contribution in [3.05, 3.63) is 69.3 Å². The van der Waals surface area contributed by atoms with Crippen LogP contribution in [0, 0.1) is 10.1 Å². The van der Waals surface area contributed by atoms with E-state index in [0.29, 0.717) is 12.3 Å². The minimum atomic E-state index is -0.731. The molecule has 128 valence electrons. The quantitative estimate of drug-likeness (QED) is 0.539. The third kappa shape index (κ3) is 3.89. The van der Waals surface area contributed by atoms with Gasteiger partial charge in [-0.3, -0.25) is 20.2 Å². The summed E-state index contributed by atoms with van der Waals surface area (Å²) >= 11 is 0. The maximum atomic E-state index is 11.9. The van der Waals surface area contributed by atoms with Crippen LogP contribution in [0.2, 0.25) is 0 Å². The SMILES string of the molecule is CCc1ccc(Cc2nnc(NC(=O)c3ccc([N+](=O)[O-])o3)o2)cc1. The van der Waals surface area contributed by atoms with E-state index in [1.54, 1.807) is 0 Å². The topological polar surface area (TPSA) is 124 Å². The summed E-state index contributed by atoms with van der Waals surface area (Å²) in [5, 5.41) is 20.5. The maximum absolute atomic E-state index is 11.9. The first kappa shape index (κ1) is 16.4. The number of carbonyl (C=O) groups excluding carboxylic acids is 1. The average Bonchev–Trinajstić information content (AvgIpc) is 3.25. The second-order valence-electron chi connectivity index (χ2n) is 5.20. The van der Waals surface area contributed by atoms with Gasteiger partial charge >= 0.3 is 11.9 Å². The van der Waals surface area contributed by atoms with Crippen molar-refractivity contribution in [2.24, 2.45) is 0 Å². The zero-order valence-electron chi connectivity index (χ0n) is 13.3. The van der Waals surface area contributed by atoms with Gasteiger partial charge < -0.3 is 8.83 Å². The van der Waals surface area contributed by atoms with Crippen molar-refractivity contribution in [3.63, 3.8) is 0 Å². The Bertz CT molecular complexity index is 897. The number of benzene rings is 1. The summed E-state index contributed by atoms with van der Waals surface area (Å²) in [5.41, 5.74) is 2.23. The number of hydrogen-bond acceptors (Lipinski definition) is 7. The predicted molar refractivity (Wildman–Crippen MR) is 86.2 cm³/mol. The summed E-state index contributed by atoms with van der Waals surface area (Å²) in [6.45, 7) is 2.08. The third-order valence-electron chi connectivity index (χ3n) is 3.47. The van der Waals surface area contributed by atoms with E-state index in [0.717, 1.165) is 18.1 Å². The number of nitrogens with zero attached hydrogens (tertiary/aromatic N) is 3. The molecule has 25 heavy (non-hydrogen) atoms. The molecule has 0 aliphatic carbocycles. The fraction of sp³-hybridized carbons (Fsp3) is 0.188. The van der Waals surface area contributed by atoms with Crippen molar-refractivity contribution in [1.82, 2.24) is 10.2 Å². The van der Waals surface area contributed by atoms with E-state index >= 15 is 0 Å². The standard InChI is InChI=1S/C16H14N4O5/c1-2-10-3-5-11(6-4-10)9-13-18-19-16(25-13)17-15(21)12-7-8-14(24-12)20(22)23/h3-8H,2,9H2,1H3,(H,17,19,21). The Morgan fingerprint density at radius 1 is 1.12 bits per heavy atom. The molecule has 0 fully saturated rings. The first-order chi connectivity index (χ1) is 12.0. The van der Waals surface area contributed by atoms with Crippen LogP contribution in [0.15, 0.2) is 45.2 Å².